The van der Waals surface area contributed by atoms with Crippen LogP contribution >= 0.6 is 31.9 Å². The van der Waals surface area contributed by atoms with E-state index < -0.39 is 0 Å². The fourth-order valence-electron chi connectivity index (χ4n) is 1.26. The number of aromatic nitrogens is 4. The Bertz CT molecular complexity index is 575. The van der Waals surface area contributed by atoms with Gasteiger partial charge in [-0.3, -0.25) is 9.48 Å². The third kappa shape index (κ3) is 2.25. The zero-order valence-electron chi connectivity index (χ0n) is 8.39. The molecule has 0 aliphatic heterocycles. The lowest BCUT2D eigenvalue weighted by molar-refractivity contribution is 0.610. The maximum absolute atomic E-state index is 11.8. The van der Waals surface area contributed by atoms with Gasteiger partial charge in [-0.05, 0) is 37.9 Å². The van der Waals surface area contributed by atoms with E-state index in [4.69, 9.17) is 0 Å². The van der Waals surface area contributed by atoms with Crippen LogP contribution in [0.15, 0.2) is 32.2 Å². The molecule has 5 nitrogen and oxygen atoms in total. The van der Waals surface area contributed by atoms with Crippen molar-refractivity contribution < 1.29 is 0 Å². The summed E-state index contributed by atoms with van der Waals surface area (Å²) in [5, 5.41) is 8.21. The molecule has 16 heavy (non-hydrogen) atoms. The third-order valence-corrected chi connectivity index (χ3v) is 3.92. The molecule has 0 atom stereocenters. The van der Waals surface area contributed by atoms with Crippen LogP contribution in [0.25, 0.3) is 0 Å². The van der Waals surface area contributed by atoms with Crippen molar-refractivity contribution in [3.8, 4) is 0 Å². The van der Waals surface area contributed by atoms with E-state index in [-0.39, 0.29) is 5.56 Å². The number of halogens is 2. The van der Waals surface area contributed by atoms with E-state index in [0.717, 1.165) is 5.69 Å². The zero-order valence-corrected chi connectivity index (χ0v) is 11.6. The Labute approximate surface area is 108 Å². The van der Waals surface area contributed by atoms with E-state index in [1.54, 1.807) is 10.9 Å². The standard InChI is InChI=1S/C9H8Br2N4O/c1-14-3-2-6(13-14)5-15-9(16)8(11)7(10)4-12-15/h2-4H,5H2,1H3. The second-order valence-corrected chi connectivity index (χ2v) is 4.90. The van der Waals surface area contributed by atoms with E-state index in [0.29, 0.717) is 15.5 Å². The highest BCUT2D eigenvalue weighted by atomic mass is 79.9. The fourth-order valence-corrected chi connectivity index (χ4v) is 1.83. The summed E-state index contributed by atoms with van der Waals surface area (Å²) in [5.41, 5.74) is 0.617. The van der Waals surface area contributed by atoms with Gasteiger partial charge in [-0.15, -0.1) is 0 Å². The van der Waals surface area contributed by atoms with Crippen LogP contribution in [-0.4, -0.2) is 19.6 Å². The summed E-state index contributed by atoms with van der Waals surface area (Å²) in [6, 6.07) is 1.85. The second-order valence-electron chi connectivity index (χ2n) is 3.25. The van der Waals surface area contributed by atoms with Crippen LogP contribution in [0.1, 0.15) is 5.69 Å². The molecule has 0 aliphatic rings. The summed E-state index contributed by atoms with van der Waals surface area (Å²) >= 11 is 6.43. The minimum atomic E-state index is -0.181. The topological polar surface area (TPSA) is 52.7 Å². The molecule has 0 aliphatic carbocycles. The molecule has 0 spiro atoms. The van der Waals surface area contributed by atoms with Gasteiger partial charge in [0.05, 0.1) is 22.9 Å². The third-order valence-electron chi connectivity index (χ3n) is 2.02. The lowest BCUT2D eigenvalue weighted by atomic mass is 10.4. The molecule has 0 fully saturated rings. The van der Waals surface area contributed by atoms with Crippen molar-refractivity contribution in [2.24, 2.45) is 7.05 Å². The zero-order chi connectivity index (χ0) is 11.7. The largest absolute Gasteiger partial charge is 0.282 e. The molecule has 2 heterocycles. The van der Waals surface area contributed by atoms with Crippen LogP contribution in [0.5, 0.6) is 0 Å². The number of aryl methyl sites for hydroxylation is 1. The minimum absolute atomic E-state index is 0.181. The average Bonchev–Trinajstić information content (AvgIpc) is 2.65. The van der Waals surface area contributed by atoms with Crippen molar-refractivity contribution in [3.63, 3.8) is 0 Å². The van der Waals surface area contributed by atoms with Crippen molar-refractivity contribution in [1.29, 1.82) is 0 Å². The molecule has 0 N–H and O–H groups in total. The van der Waals surface area contributed by atoms with E-state index >= 15 is 0 Å². The van der Waals surface area contributed by atoms with Gasteiger partial charge in [0, 0.05) is 13.2 Å². The monoisotopic (exact) mass is 346 g/mol. The van der Waals surface area contributed by atoms with Crippen LogP contribution in [0.3, 0.4) is 0 Å². The van der Waals surface area contributed by atoms with Crippen LogP contribution in [0.2, 0.25) is 0 Å². The Hall–Kier alpha value is -0.950. The summed E-state index contributed by atoms with van der Waals surface area (Å²) in [6.07, 6.45) is 3.41. The first-order chi connectivity index (χ1) is 7.58. The predicted octanol–water partition coefficient (Wildman–Crippen LogP) is 1.55. The van der Waals surface area contributed by atoms with Gasteiger partial charge in [0.2, 0.25) is 0 Å². The molecule has 0 aromatic carbocycles. The van der Waals surface area contributed by atoms with Crippen LogP contribution < -0.4 is 5.56 Å². The van der Waals surface area contributed by atoms with Crippen molar-refractivity contribution in [2.45, 2.75) is 6.54 Å². The van der Waals surface area contributed by atoms with Gasteiger partial charge in [-0.25, -0.2) is 4.68 Å². The Balaban J connectivity index is 2.36. The summed E-state index contributed by atoms with van der Waals surface area (Å²) in [5.74, 6) is 0. The first kappa shape index (κ1) is 11.5. The van der Waals surface area contributed by atoms with Gasteiger partial charge in [-0.1, -0.05) is 0 Å². The van der Waals surface area contributed by atoms with Gasteiger partial charge >= 0.3 is 0 Å². The molecule has 7 heteroatoms. The van der Waals surface area contributed by atoms with Crippen LogP contribution in [0, 0.1) is 0 Å². The maximum Gasteiger partial charge on any atom is 0.282 e. The van der Waals surface area contributed by atoms with Crippen LogP contribution in [-0.2, 0) is 13.6 Å². The molecule has 2 rings (SSSR count). The van der Waals surface area contributed by atoms with Gasteiger partial charge in [-0.2, -0.15) is 10.2 Å². The number of nitrogens with zero attached hydrogens (tertiary/aromatic N) is 4. The molecule has 0 saturated heterocycles. The highest BCUT2D eigenvalue weighted by molar-refractivity contribution is 9.13. The average molecular weight is 348 g/mol. The molecule has 0 radical (unpaired) electrons. The van der Waals surface area contributed by atoms with Gasteiger partial charge in [0.1, 0.15) is 4.47 Å². The fraction of sp³-hybridized carbons (Fsp3) is 0.222. The molecule has 0 unspecified atom stereocenters. The Morgan fingerprint density at radius 2 is 2.19 bits per heavy atom. The lowest BCUT2D eigenvalue weighted by Gasteiger charge is -2.03. The number of hydrogen-bond donors (Lipinski definition) is 0. The van der Waals surface area contributed by atoms with Crippen molar-refractivity contribution in [1.82, 2.24) is 19.6 Å². The van der Waals surface area contributed by atoms with Crippen molar-refractivity contribution in [2.75, 3.05) is 0 Å². The Kier molecular flexibility index (Phi) is 3.25. The summed E-state index contributed by atoms with van der Waals surface area (Å²) < 4.78 is 4.17. The molecular formula is C9H8Br2N4O. The molecule has 0 bridgehead atoms. The smallest absolute Gasteiger partial charge is 0.275 e. The molecule has 2 aromatic rings. The quantitative estimate of drug-likeness (QED) is 0.828. The van der Waals surface area contributed by atoms with Gasteiger partial charge < -0.3 is 0 Å². The number of rotatable bonds is 2. The number of hydrogen-bond acceptors (Lipinski definition) is 3. The molecule has 0 saturated carbocycles. The van der Waals surface area contributed by atoms with E-state index in [1.165, 1.54) is 4.68 Å². The van der Waals surface area contributed by atoms with Crippen LogP contribution in [0.4, 0.5) is 0 Å². The Morgan fingerprint density at radius 1 is 1.44 bits per heavy atom. The Morgan fingerprint density at radius 3 is 2.81 bits per heavy atom. The summed E-state index contributed by atoms with van der Waals surface area (Å²) in [7, 11) is 1.83. The van der Waals surface area contributed by atoms with Crippen molar-refractivity contribution in [3.05, 3.63) is 43.5 Å². The van der Waals surface area contributed by atoms with E-state index in [2.05, 4.69) is 42.1 Å². The highest BCUT2D eigenvalue weighted by Gasteiger charge is 2.07. The first-order valence-electron chi connectivity index (χ1n) is 4.47. The first-order valence-corrected chi connectivity index (χ1v) is 6.06. The van der Waals surface area contributed by atoms with E-state index in [9.17, 15) is 4.79 Å². The van der Waals surface area contributed by atoms with Gasteiger partial charge in [0.15, 0.2) is 0 Å². The minimum Gasteiger partial charge on any atom is -0.275 e. The van der Waals surface area contributed by atoms with Gasteiger partial charge in [0.25, 0.3) is 5.56 Å². The van der Waals surface area contributed by atoms with Crippen molar-refractivity contribution >= 4 is 31.9 Å². The lowest BCUT2D eigenvalue weighted by Crippen LogP contribution is -2.24. The molecule has 84 valence electrons. The molecule has 0 amide bonds. The SMILES string of the molecule is Cn1ccc(Cn2ncc(Br)c(Br)c2=O)n1. The second kappa shape index (κ2) is 4.50. The molecular weight excluding hydrogens is 340 g/mol. The maximum atomic E-state index is 11.8. The normalized spacial score (nSPS) is 10.7. The summed E-state index contributed by atoms with van der Waals surface area (Å²) in [4.78, 5) is 11.8. The van der Waals surface area contributed by atoms with E-state index in [1.807, 2.05) is 19.3 Å². The summed E-state index contributed by atoms with van der Waals surface area (Å²) in [6.45, 7) is 0.367. The predicted molar refractivity (Wildman–Crippen MR) is 66.2 cm³/mol. The molecule has 2 aromatic heterocycles. The highest BCUT2D eigenvalue weighted by Crippen LogP contribution is 2.16.